The summed E-state index contributed by atoms with van der Waals surface area (Å²) in [7, 11) is 3.05. The van der Waals surface area contributed by atoms with E-state index in [0.29, 0.717) is 46.8 Å². The number of benzene rings is 2. The van der Waals surface area contributed by atoms with Crippen LogP contribution in [0.2, 0.25) is 0 Å². The Hall–Kier alpha value is -3.88. The fraction of sp³-hybridized carbons (Fsp3) is 0.310. The first-order valence-corrected chi connectivity index (χ1v) is 12.0. The summed E-state index contributed by atoms with van der Waals surface area (Å²) in [4.78, 5) is 27.5. The molecule has 198 valence electrons. The molecule has 0 heterocycles. The molecule has 0 aliphatic rings. The minimum absolute atomic E-state index is 0.0424. The first kappa shape index (κ1) is 29.4. The lowest BCUT2D eigenvalue weighted by atomic mass is 10.0. The lowest BCUT2D eigenvalue weighted by Gasteiger charge is -2.19. The van der Waals surface area contributed by atoms with Gasteiger partial charge in [-0.25, -0.2) is 0 Å². The number of ether oxygens (including phenoxy) is 2. The maximum Gasteiger partial charge on any atom is 0.227 e. The molecular formula is C29H35NO7. The lowest BCUT2D eigenvalue weighted by Crippen LogP contribution is -2.31. The smallest absolute Gasteiger partial charge is 0.227 e. The van der Waals surface area contributed by atoms with Crippen LogP contribution in [-0.4, -0.2) is 59.2 Å². The monoisotopic (exact) mass is 509 g/mol. The van der Waals surface area contributed by atoms with Crippen LogP contribution < -0.4 is 9.47 Å². The number of methoxy groups -OCH3 is 2. The average molecular weight is 510 g/mol. The van der Waals surface area contributed by atoms with Gasteiger partial charge in [0.2, 0.25) is 5.91 Å². The molecule has 8 nitrogen and oxygen atoms in total. The highest BCUT2D eigenvalue weighted by Gasteiger charge is 2.19. The van der Waals surface area contributed by atoms with Crippen molar-refractivity contribution < 1.29 is 34.4 Å². The predicted octanol–water partition coefficient (Wildman–Crippen LogP) is 4.05. The Morgan fingerprint density at radius 1 is 0.838 bits per heavy atom. The van der Waals surface area contributed by atoms with E-state index in [0.717, 1.165) is 0 Å². The van der Waals surface area contributed by atoms with Gasteiger partial charge in [0.05, 0.1) is 39.4 Å². The van der Waals surface area contributed by atoms with Gasteiger partial charge in [-0.2, -0.15) is 0 Å². The van der Waals surface area contributed by atoms with Crippen molar-refractivity contribution in [2.24, 2.45) is 0 Å². The third-order valence-corrected chi connectivity index (χ3v) is 5.89. The van der Waals surface area contributed by atoms with Crippen LogP contribution in [0.5, 0.6) is 11.5 Å². The third-order valence-electron chi connectivity index (χ3n) is 5.89. The fourth-order valence-electron chi connectivity index (χ4n) is 3.70. The molecule has 2 aromatic rings. The number of amides is 1. The van der Waals surface area contributed by atoms with Gasteiger partial charge in [0.1, 0.15) is 5.76 Å². The first-order valence-electron chi connectivity index (χ1n) is 12.0. The minimum atomic E-state index is -0.510. The topological polar surface area (TPSA) is 117 Å². The summed E-state index contributed by atoms with van der Waals surface area (Å²) < 4.78 is 10.5. The molecule has 0 radical (unpaired) electrons. The zero-order chi connectivity index (χ0) is 27.4. The summed E-state index contributed by atoms with van der Waals surface area (Å²) in [5.74, 6) is -0.0635. The number of aliphatic hydroxyl groups excluding tert-OH is 3. The standard InChI is InChI=1S/C29H35NO7/c1-5-30(6-2)29(35)17-24(25(33)12-8-20-7-11-22(18-31)23(15-20)19-32)26(34)13-9-21-10-14-27(36-3)28(16-21)37-4/h7-16,31-33H,5-6,17-19H2,1-4H3/b12-8+,13-9+,25-24?. The number of carbonyl (C=O) groups excluding carboxylic acids is 2. The largest absolute Gasteiger partial charge is 0.508 e. The second-order valence-electron chi connectivity index (χ2n) is 8.10. The molecule has 0 unspecified atom stereocenters. The van der Waals surface area contributed by atoms with E-state index in [1.165, 1.54) is 26.4 Å². The third kappa shape index (κ3) is 8.06. The molecule has 0 aliphatic heterocycles. The second-order valence-corrected chi connectivity index (χ2v) is 8.10. The van der Waals surface area contributed by atoms with E-state index in [9.17, 15) is 24.9 Å². The van der Waals surface area contributed by atoms with Gasteiger partial charge in [0, 0.05) is 13.1 Å². The van der Waals surface area contributed by atoms with Crippen molar-refractivity contribution in [1.82, 2.24) is 4.90 Å². The average Bonchev–Trinajstić information content (AvgIpc) is 2.93. The summed E-state index contributed by atoms with van der Waals surface area (Å²) in [6.07, 6.45) is 5.53. The fourth-order valence-corrected chi connectivity index (χ4v) is 3.70. The van der Waals surface area contributed by atoms with Crippen molar-refractivity contribution in [3.05, 3.63) is 82.1 Å². The molecule has 0 bridgehead atoms. The van der Waals surface area contributed by atoms with Crippen molar-refractivity contribution in [2.45, 2.75) is 33.5 Å². The van der Waals surface area contributed by atoms with Gasteiger partial charge in [-0.05, 0) is 66.5 Å². The van der Waals surface area contributed by atoms with Crippen LogP contribution in [-0.2, 0) is 22.8 Å². The van der Waals surface area contributed by atoms with Gasteiger partial charge in [0.25, 0.3) is 0 Å². The van der Waals surface area contributed by atoms with Crippen LogP contribution in [0, 0.1) is 0 Å². The number of ketones is 1. The number of hydrogen-bond acceptors (Lipinski definition) is 7. The van der Waals surface area contributed by atoms with Crippen LogP contribution in [0.1, 0.15) is 42.5 Å². The summed E-state index contributed by atoms with van der Waals surface area (Å²) in [6.45, 7) is 4.20. The van der Waals surface area contributed by atoms with Gasteiger partial charge < -0.3 is 29.7 Å². The summed E-state index contributed by atoms with van der Waals surface area (Å²) >= 11 is 0. The second kappa shape index (κ2) is 14.6. The molecule has 0 aromatic heterocycles. The van der Waals surface area contributed by atoms with E-state index in [4.69, 9.17) is 9.47 Å². The molecule has 0 saturated carbocycles. The minimum Gasteiger partial charge on any atom is -0.508 e. The highest BCUT2D eigenvalue weighted by Crippen LogP contribution is 2.28. The molecule has 2 aromatic carbocycles. The maximum atomic E-state index is 13.1. The van der Waals surface area contributed by atoms with Gasteiger partial charge in [-0.15, -0.1) is 0 Å². The van der Waals surface area contributed by atoms with Crippen LogP contribution >= 0.6 is 0 Å². The van der Waals surface area contributed by atoms with Crippen LogP contribution in [0.15, 0.2) is 59.9 Å². The number of allylic oxidation sites excluding steroid dienone is 2. The Balaban J connectivity index is 2.41. The molecule has 2 rings (SSSR count). The van der Waals surface area contributed by atoms with Gasteiger partial charge in [-0.1, -0.05) is 30.4 Å². The van der Waals surface area contributed by atoms with Gasteiger partial charge in [-0.3, -0.25) is 9.59 Å². The van der Waals surface area contributed by atoms with Gasteiger partial charge in [0.15, 0.2) is 17.3 Å². The zero-order valence-electron chi connectivity index (χ0n) is 21.7. The predicted molar refractivity (Wildman–Crippen MR) is 143 cm³/mol. The Bertz CT molecular complexity index is 1180. The summed E-state index contributed by atoms with van der Waals surface area (Å²) in [5.41, 5.74) is 2.44. The van der Waals surface area contributed by atoms with Crippen LogP contribution in [0.3, 0.4) is 0 Å². The first-order chi connectivity index (χ1) is 17.8. The molecule has 37 heavy (non-hydrogen) atoms. The zero-order valence-corrected chi connectivity index (χ0v) is 21.7. The normalized spacial score (nSPS) is 12.1. The number of aliphatic hydroxyl groups is 3. The van der Waals surface area contributed by atoms with E-state index in [2.05, 4.69) is 0 Å². The van der Waals surface area contributed by atoms with Gasteiger partial charge >= 0.3 is 0 Å². The van der Waals surface area contributed by atoms with Crippen molar-refractivity contribution >= 4 is 23.8 Å². The van der Waals surface area contributed by atoms with E-state index in [-0.39, 0.29) is 36.9 Å². The highest BCUT2D eigenvalue weighted by molar-refractivity contribution is 6.09. The van der Waals surface area contributed by atoms with E-state index < -0.39 is 5.78 Å². The Morgan fingerprint density at radius 2 is 1.43 bits per heavy atom. The molecule has 0 spiro atoms. The molecule has 8 heteroatoms. The van der Waals surface area contributed by atoms with E-state index in [1.54, 1.807) is 53.5 Å². The van der Waals surface area contributed by atoms with E-state index in [1.807, 2.05) is 13.8 Å². The van der Waals surface area contributed by atoms with Crippen molar-refractivity contribution in [3.63, 3.8) is 0 Å². The molecule has 1 amide bonds. The lowest BCUT2D eigenvalue weighted by molar-refractivity contribution is -0.130. The number of hydrogen-bond donors (Lipinski definition) is 3. The van der Waals surface area contributed by atoms with Crippen molar-refractivity contribution in [2.75, 3.05) is 27.3 Å². The number of carbonyl (C=O) groups is 2. The number of nitrogens with zero attached hydrogens (tertiary/aromatic N) is 1. The molecule has 0 saturated heterocycles. The Kier molecular flexibility index (Phi) is 11.6. The quantitative estimate of drug-likeness (QED) is 0.212. The van der Waals surface area contributed by atoms with Crippen molar-refractivity contribution in [3.8, 4) is 11.5 Å². The highest BCUT2D eigenvalue weighted by atomic mass is 16.5. The van der Waals surface area contributed by atoms with Crippen LogP contribution in [0.25, 0.3) is 12.2 Å². The molecule has 0 fully saturated rings. The molecule has 3 N–H and O–H groups in total. The van der Waals surface area contributed by atoms with E-state index >= 15 is 0 Å². The summed E-state index contributed by atoms with van der Waals surface area (Å²) in [5, 5.41) is 29.7. The molecule has 0 aliphatic carbocycles. The molecular weight excluding hydrogens is 474 g/mol. The molecule has 0 atom stereocenters. The number of rotatable bonds is 13. The Morgan fingerprint density at radius 3 is 2.03 bits per heavy atom. The SMILES string of the molecule is CCN(CC)C(=O)CC(C(=O)/C=C/c1ccc(OC)c(OC)c1)=C(O)/C=C/c1ccc(CO)c(CO)c1. The Labute approximate surface area is 217 Å². The maximum absolute atomic E-state index is 13.1. The summed E-state index contributed by atoms with van der Waals surface area (Å²) in [6, 6.07) is 10.2. The van der Waals surface area contributed by atoms with Crippen LogP contribution in [0.4, 0.5) is 0 Å². The van der Waals surface area contributed by atoms with Crippen molar-refractivity contribution in [1.29, 1.82) is 0 Å².